The highest BCUT2D eigenvalue weighted by atomic mass is 35.5. The lowest BCUT2D eigenvalue weighted by Crippen LogP contribution is -0.382. The molecule has 0 nitrogen and oxygen atoms in total. The Kier molecular flexibility index (Phi) is 910. The van der Waals surface area contributed by atoms with Crippen LogP contribution < -0.4 is 0 Å². The summed E-state index contributed by atoms with van der Waals surface area (Å²) in [5.74, 6) is 0. The summed E-state index contributed by atoms with van der Waals surface area (Å²) in [6.45, 7) is 0. The van der Waals surface area contributed by atoms with Gasteiger partial charge in [0.1, 0.15) is 0 Å². The third kappa shape index (κ3) is 30.5. The zero-order valence-electron chi connectivity index (χ0n) is 2.38. The van der Waals surface area contributed by atoms with Gasteiger partial charge in [-0.1, -0.05) is 0 Å². The van der Waals surface area contributed by atoms with Crippen LogP contribution in [0.2, 0.25) is 0 Å². The molecule has 0 aromatic rings. The van der Waals surface area contributed by atoms with Gasteiger partial charge in [0.2, 0.25) is 0 Å². The van der Waals surface area contributed by atoms with Crippen molar-refractivity contribution in [3.05, 3.63) is 0 Å². The van der Waals surface area contributed by atoms with Crippen molar-refractivity contribution in [2.45, 2.75) is 0 Å². The predicted octanol–water partition coefficient (Wildman–Crippen LogP) is 0.504. The van der Waals surface area contributed by atoms with Crippen molar-refractivity contribution in [3.63, 3.8) is 0 Å². The van der Waals surface area contributed by atoms with Crippen LogP contribution >= 0.6 is 37.2 Å². The normalized spacial score (nSPS) is 0. The Labute approximate surface area is 63.0 Å². The number of hydrogen-bond acceptors (Lipinski definition) is 0. The highest BCUT2D eigenvalue weighted by molar-refractivity contribution is 5.86. The van der Waals surface area contributed by atoms with E-state index in [1.807, 2.05) is 0 Å². The summed E-state index contributed by atoms with van der Waals surface area (Å²) in [7, 11) is 0. The first-order valence-electron chi connectivity index (χ1n) is 0. The van der Waals surface area contributed by atoms with E-state index in [0.717, 1.165) is 0 Å². The van der Waals surface area contributed by atoms with E-state index in [2.05, 4.69) is 0 Å². The van der Waals surface area contributed by atoms with E-state index in [-0.39, 0.29) is 63.0 Å². The quantitative estimate of drug-likeness (QED) is 0.438. The predicted molar refractivity (Wildman–Crippen MR) is 33.3 cm³/mol. The molecule has 0 bridgehead atoms. The van der Waals surface area contributed by atoms with Gasteiger partial charge >= 0.3 is 0 Å². The van der Waals surface area contributed by atoms with Gasteiger partial charge in [0.05, 0.1) is 0 Å². The first-order chi connectivity index (χ1) is 0. The number of hydrogen-bond donors (Lipinski definition) is 0. The van der Waals surface area contributed by atoms with Gasteiger partial charge < -0.3 is 0 Å². The van der Waals surface area contributed by atoms with Crippen LogP contribution in [0.15, 0.2) is 0 Å². The van der Waals surface area contributed by atoms with E-state index >= 15 is 0 Å². The summed E-state index contributed by atoms with van der Waals surface area (Å²) in [5, 5.41) is 0. The maximum absolute atomic E-state index is 0. The molecule has 0 aromatic carbocycles. The van der Waals surface area contributed by atoms with Gasteiger partial charge in [0.25, 0.3) is 0 Å². The topological polar surface area (TPSA) is 0 Å². The smallest absolute Gasteiger partial charge is 0 e. The Hall–Kier alpha value is 1.47. The van der Waals surface area contributed by atoms with E-state index in [1.54, 1.807) is 0 Å². The van der Waals surface area contributed by atoms with Gasteiger partial charge in [-0.25, -0.2) is 0 Å². The van der Waals surface area contributed by atoms with E-state index in [9.17, 15) is 0 Å². The summed E-state index contributed by atoms with van der Waals surface area (Å²) in [5.41, 5.74) is 0. The molecule has 0 amide bonds. The maximum atomic E-state index is 0. The van der Waals surface area contributed by atoms with Crippen LogP contribution in [0.25, 0.3) is 0 Å². The second-order valence-electron chi connectivity index (χ2n) is 0. The molecule has 5 heteroatoms. The third-order valence-corrected chi connectivity index (χ3v) is 0. The van der Waals surface area contributed by atoms with Crippen molar-refractivity contribution in [1.82, 2.24) is 0 Å². The van der Waals surface area contributed by atoms with E-state index in [4.69, 9.17) is 0 Å². The maximum Gasteiger partial charge on any atom is 0 e. The molecule has 5 heavy (non-hydrogen) atoms. The standard InChI is InChI=1S/Al.B.3ClH/h;;3*1H. The Bertz CT molecular complexity index is 6.85. The molecule has 0 aromatic heterocycles. The molecule has 0 unspecified atom stereocenters. The molecule has 0 aliphatic heterocycles. The van der Waals surface area contributed by atoms with E-state index < -0.39 is 0 Å². The van der Waals surface area contributed by atoms with Crippen molar-refractivity contribution < 1.29 is 0 Å². The fourth-order valence-corrected chi connectivity index (χ4v) is 0. The van der Waals surface area contributed by atoms with Crippen LogP contribution in [0.3, 0.4) is 0 Å². The van der Waals surface area contributed by atoms with Crippen molar-refractivity contribution >= 4 is 63.0 Å². The molecule has 0 saturated heterocycles. The van der Waals surface area contributed by atoms with Crippen LogP contribution in [-0.2, 0) is 0 Å². The summed E-state index contributed by atoms with van der Waals surface area (Å²) in [6.07, 6.45) is 0. The van der Waals surface area contributed by atoms with Crippen molar-refractivity contribution in [2.24, 2.45) is 0 Å². The van der Waals surface area contributed by atoms with Crippen LogP contribution in [0.5, 0.6) is 0 Å². The minimum atomic E-state index is 0. The zero-order valence-corrected chi connectivity index (χ0v) is 5.98. The highest BCUT2D eigenvalue weighted by Gasteiger charge is 0.00104. The molecule has 0 aliphatic carbocycles. The van der Waals surface area contributed by atoms with Crippen LogP contribution in [0, 0.1) is 0 Å². The SMILES string of the molecule is Cl.Cl.Cl.[Al].[B]. The first-order valence-corrected chi connectivity index (χ1v) is 0. The van der Waals surface area contributed by atoms with Crippen molar-refractivity contribution in [3.8, 4) is 0 Å². The lowest BCUT2D eigenvalue weighted by atomic mass is 10.8. The summed E-state index contributed by atoms with van der Waals surface area (Å²) in [6, 6.07) is 0. The van der Waals surface area contributed by atoms with Gasteiger partial charge in [-0.2, -0.15) is 0 Å². The fraction of sp³-hybridized carbons (Fsp3) is 0. The molecular weight excluding hydrogens is 144 g/mol. The number of halogens is 3. The monoisotopic (exact) mass is 146 g/mol. The van der Waals surface area contributed by atoms with Gasteiger partial charge in [-0.15, -0.1) is 37.2 Å². The molecule has 0 fully saturated rings. The second-order valence-corrected chi connectivity index (χ2v) is 0. The lowest BCUT2D eigenvalue weighted by Gasteiger charge is -0.148. The molecule has 0 atom stereocenters. The Morgan fingerprint density at radius 3 is 0.600 bits per heavy atom. The molecule has 0 heterocycles. The Balaban J connectivity index is 0. The number of rotatable bonds is 0. The highest BCUT2D eigenvalue weighted by Crippen LogP contribution is 0.692. The van der Waals surface area contributed by atoms with Crippen LogP contribution in [0.4, 0.5) is 0 Å². The van der Waals surface area contributed by atoms with Gasteiger partial charge in [-0.05, 0) is 0 Å². The molecule has 30 valence electrons. The minimum absolute atomic E-state index is 0. The molecule has 0 rings (SSSR count). The molecule has 6 radical (unpaired) electrons. The molecule has 0 aliphatic rings. The Morgan fingerprint density at radius 1 is 0.600 bits per heavy atom. The molecule has 0 N–H and O–H groups in total. The lowest BCUT2D eigenvalue weighted by molar-refractivity contribution is 5.75. The summed E-state index contributed by atoms with van der Waals surface area (Å²) in [4.78, 5) is 0. The van der Waals surface area contributed by atoms with Crippen LogP contribution in [-0.4, -0.2) is 25.8 Å². The van der Waals surface area contributed by atoms with Gasteiger partial charge in [0, 0.05) is 25.8 Å². The fourth-order valence-electron chi connectivity index (χ4n) is 0. The molecule has 0 spiro atoms. The molecule has 0 saturated carbocycles. The van der Waals surface area contributed by atoms with Crippen LogP contribution in [0.1, 0.15) is 0 Å². The Morgan fingerprint density at radius 2 is 0.600 bits per heavy atom. The largest absolute Gasteiger partial charge is 0.147 e. The molecular formula is H3AlBCl3. The van der Waals surface area contributed by atoms with Crippen molar-refractivity contribution in [1.29, 1.82) is 0 Å². The summed E-state index contributed by atoms with van der Waals surface area (Å²) < 4.78 is 0. The van der Waals surface area contributed by atoms with Gasteiger partial charge in [0.15, 0.2) is 0 Å². The van der Waals surface area contributed by atoms with Crippen molar-refractivity contribution in [2.75, 3.05) is 0 Å². The third-order valence-electron chi connectivity index (χ3n) is 0. The second kappa shape index (κ2) is 50.7. The average molecular weight is 147 g/mol. The zero-order chi connectivity index (χ0) is 0. The van der Waals surface area contributed by atoms with E-state index in [0.29, 0.717) is 0 Å². The van der Waals surface area contributed by atoms with E-state index in [1.165, 1.54) is 0 Å². The summed E-state index contributed by atoms with van der Waals surface area (Å²) >= 11 is 0. The minimum Gasteiger partial charge on any atom is -0.147 e. The first kappa shape index (κ1) is 89.8. The van der Waals surface area contributed by atoms with Gasteiger partial charge in [-0.3, -0.25) is 0 Å². The average Bonchev–Trinajstić information content (AvgIpc) is 0.